The maximum absolute atomic E-state index is 13.9. The van der Waals surface area contributed by atoms with Crippen molar-refractivity contribution in [2.75, 3.05) is 19.0 Å². The molecule has 0 saturated carbocycles. The molecule has 33 heavy (non-hydrogen) atoms. The molecule has 1 aromatic heterocycles. The van der Waals surface area contributed by atoms with Crippen molar-refractivity contribution in [3.05, 3.63) is 94.3 Å². The Morgan fingerprint density at radius 2 is 1.91 bits per heavy atom. The number of fused-ring (bicyclic) bond motifs is 3. The first-order chi connectivity index (χ1) is 16.0. The molecule has 0 radical (unpaired) electrons. The van der Waals surface area contributed by atoms with Crippen LogP contribution in [0.15, 0.2) is 66.2 Å². The third kappa shape index (κ3) is 3.62. The minimum atomic E-state index is -0.363. The molecule has 5 rings (SSSR count). The summed E-state index contributed by atoms with van der Waals surface area (Å²) in [4.78, 5) is 6.79. The first-order valence-electron chi connectivity index (χ1n) is 10.7. The number of para-hydroxylation sites is 2. The lowest BCUT2D eigenvalue weighted by Gasteiger charge is -2.16. The molecule has 1 aliphatic rings. The molecule has 0 unspecified atom stereocenters. The van der Waals surface area contributed by atoms with Crippen LogP contribution in [0, 0.1) is 17.1 Å². The van der Waals surface area contributed by atoms with E-state index < -0.39 is 0 Å². The summed E-state index contributed by atoms with van der Waals surface area (Å²) in [6.45, 7) is 2.72. The molecule has 3 aromatic carbocycles. The van der Waals surface area contributed by atoms with E-state index in [9.17, 15) is 9.65 Å². The van der Waals surface area contributed by atoms with Crippen LogP contribution in [0.3, 0.4) is 0 Å². The number of rotatable bonds is 3. The van der Waals surface area contributed by atoms with Crippen LogP contribution in [0.4, 0.5) is 10.3 Å². The summed E-state index contributed by atoms with van der Waals surface area (Å²) >= 11 is 0. The van der Waals surface area contributed by atoms with Crippen molar-refractivity contribution in [1.29, 1.82) is 5.26 Å². The van der Waals surface area contributed by atoms with Gasteiger partial charge in [-0.05, 0) is 53.9 Å². The van der Waals surface area contributed by atoms with Gasteiger partial charge in [-0.15, -0.1) is 0 Å². The lowest BCUT2D eigenvalue weighted by molar-refractivity contribution is 0.305. The smallest absolute Gasteiger partial charge is 0.206 e. The molecule has 0 saturated heterocycles. The van der Waals surface area contributed by atoms with E-state index in [2.05, 4.69) is 28.8 Å². The van der Waals surface area contributed by atoms with Gasteiger partial charge in [0, 0.05) is 36.9 Å². The molecular weight excluding hydrogens is 415 g/mol. The Morgan fingerprint density at radius 1 is 1.12 bits per heavy atom. The Morgan fingerprint density at radius 3 is 2.70 bits per heavy atom. The Labute approximate surface area is 192 Å². The van der Waals surface area contributed by atoms with Gasteiger partial charge in [-0.3, -0.25) is 0 Å². The fourth-order valence-corrected chi connectivity index (χ4v) is 4.43. The molecule has 0 atom stereocenters. The SMILES string of the molecule is CC(C#N)=C1c2ccc(Cn3c(N(C)C)nc4ccccc43)cc2COc2cc(F)ccc21. The van der Waals surface area contributed by atoms with Gasteiger partial charge in [-0.25, -0.2) is 9.37 Å². The molecule has 0 N–H and O–H groups in total. The molecule has 4 aromatic rings. The van der Waals surface area contributed by atoms with Gasteiger partial charge in [-0.1, -0.05) is 24.3 Å². The van der Waals surface area contributed by atoms with Crippen molar-refractivity contribution in [3.8, 4) is 11.8 Å². The topological polar surface area (TPSA) is 54.1 Å². The van der Waals surface area contributed by atoms with Gasteiger partial charge in [0.15, 0.2) is 0 Å². The number of halogens is 1. The highest BCUT2D eigenvalue weighted by Gasteiger charge is 2.22. The van der Waals surface area contributed by atoms with Gasteiger partial charge < -0.3 is 14.2 Å². The number of aromatic nitrogens is 2. The summed E-state index contributed by atoms with van der Waals surface area (Å²) in [6.07, 6.45) is 0. The molecular formula is C27H23FN4O. The number of ether oxygens (including phenoxy) is 1. The fourth-order valence-electron chi connectivity index (χ4n) is 4.43. The van der Waals surface area contributed by atoms with Gasteiger partial charge in [0.1, 0.15) is 18.2 Å². The molecule has 0 bridgehead atoms. The molecule has 2 heterocycles. The number of hydrogen-bond donors (Lipinski definition) is 0. The van der Waals surface area contributed by atoms with Crippen molar-refractivity contribution in [2.45, 2.75) is 20.1 Å². The maximum Gasteiger partial charge on any atom is 0.206 e. The van der Waals surface area contributed by atoms with E-state index in [1.54, 1.807) is 13.0 Å². The second-order valence-corrected chi connectivity index (χ2v) is 8.41. The summed E-state index contributed by atoms with van der Waals surface area (Å²) in [5.41, 5.74) is 7.09. The molecule has 0 fully saturated rings. The third-order valence-corrected chi connectivity index (χ3v) is 5.95. The number of nitrogens with zero attached hydrogens (tertiary/aromatic N) is 4. The average molecular weight is 439 g/mol. The minimum Gasteiger partial charge on any atom is -0.488 e. The molecule has 1 aliphatic heterocycles. The second-order valence-electron chi connectivity index (χ2n) is 8.41. The van der Waals surface area contributed by atoms with Crippen LogP contribution >= 0.6 is 0 Å². The summed E-state index contributed by atoms with van der Waals surface area (Å²) < 4.78 is 22.1. The zero-order valence-corrected chi connectivity index (χ0v) is 18.8. The Hall–Kier alpha value is -4.11. The van der Waals surface area contributed by atoms with Crippen molar-refractivity contribution in [2.24, 2.45) is 0 Å². The van der Waals surface area contributed by atoms with E-state index in [4.69, 9.17) is 9.72 Å². The predicted octanol–water partition coefficient (Wildman–Crippen LogP) is 5.53. The van der Waals surface area contributed by atoms with Crippen LogP contribution in [-0.4, -0.2) is 23.6 Å². The van der Waals surface area contributed by atoms with Crippen LogP contribution < -0.4 is 9.64 Å². The number of hydrogen-bond acceptors (Lipinski definition) is 4. The number of nitriles is 1. The standard InChI is InChI=1S/C27H23FN4O/c1-17(14-29)26-21-10-8-18(12-19(21)16-33-25-13-20(28)9-11-22(25)26)15-32-24-7-5-4-6-23(24)30-27(32)31(2)3/h4-13H,15-16H2,1-3H3. The lowest BCUT2D eigenvalue weighted by Crippen LogP contribution is -2.16. The minimum absolute atomic E-state index is 0.299. The third-order valence-electron chi connectivity index (χ3n) is 5.95. The summed E-state index contributed by atoms with van der Waals surface area (Å²) in [7, 11) is 3.97. The molecule has 5 nitrogen and oxygen atoms in total. The van der Waals surface area contributed by atoms with Gasteiger partial charge in [-0.2, -0.15) is 5.26 Å². The lowest BCUT2D eigenvalue weighted by atomic mass is 9.90. The van der Waals surface area contributed by atoms with E-state index in [1.165, 1.54) is 12.1 Å². The highest BCUT2D eigenvalue weighted by atomic mass is 19.1. The quantitative estimate of drug-likeness (QED) is 0.395. The zero-order chi connectivity index (χ0) is 23.1. The van der Waals surface area contributed by atoms with Crippen molar-refractivity contribution >= 4 is 22.6 Å². The number of anilines is 1. The van der Waals surface area contributed by atoms with Crippen molar-refractivity contribution in [1.82, 2.24) is 9.55 Å². The van der Waals surface area contributed by atoms with Crippen molar-refractivity contribution in [3.63, 3.8) is 0 Å². The highest BCUT2D eigenvalue weighted by Crippen LogP contribution is 2.39. The van der Waals surface area contributed by atoms with E-state index >= 15 is 0 Å². The molecule has 0 aliphatic carbocycles. The first-order valence-corrected chi connectivity index (χ1v) is 10.7. The summed E-state index contributed by atoms with van der Waals surface area (Å²) in [5.74, 6) is 0.969. The fraction of sp³-hybridized carbons (Fsp3) is 0.185. The predicted molar refractivity (Wildman–Crippen MR) is 128 cm³/mol. The van der Waals surface area contributed by atoms with Crippen LogP contribution in [0.2, 0.25) is 0 Å². The Bertz CT molecular complexity index is 1460. The highest BCUT2D eigenvalue weighted by molar-refractivity contribution is 5.88. The molecule has 6 heteroatoms. The van der Waals surface area contributed by atoms with Crippen LogP contribution in [0.25, 0.3) is 16.6 Å². The van der Waals surface area contributed by atoms with Gasteiger partial charge >= 0.3 is 0 Å². The van der Waals surface area contributed by atoms with Crippen LogP contribution in [0.5, 0.6) is 5.75 Å². The average Bonchev–Trinajstić information content (AvgIpc) is 3.10. The maximum atomic E-state index is 13.9. The Balaban J connectivity index is 1.61. The van der Waals surface area contributed by atoms with E-state index in [0.717, 1.165) is 44.8 Å². The second kappa shape index (κ2) is 8.10. The van der Waals surface area contributed by atoms with E-state index in [0.29, 0.717) is 24.5 Å². The monoisotopic (exact) mass is 438 g/mol. The van der Waals surface area contributed by atoms with Crippen LogP contribution in [-0.2, 0) is 13.2 Å². The number of imidazole rings is 1. The number of allylic oxidation sites excluding steroid dienone is 1. The zero-order valence-electron chi connectivity index (χ0n) is 18.8. The van der Waals surface area contributed by atoms with Crippen LogP contribution in [0.1, 0.15) is 29.2 Å². The van der Waals surface area contributed by atoms with Gasteiger partial charge in [0.05, 0.1) is 23.6 Å². The van der Waals surface area contributed by atoms with Gasteiger partial charge in [0.2, 0.25) is 5.95 Å². The first kappa shape index (κ1) is 20.8. The van der Waals surface area contributed by atoms with E-state index in [-0.39, 0.29) is 5.82 Å². The summed E-state index contributed by atoms with van der Waals surface area (Å²) in [6, 6.07) is 21.1. The molecule has 0 spiro atoms. The normalized spacial score (nSPS) is 14.0. The van der Waals surface area contributed by atoms with Gasteiger partial charge in [0.25, 0.3) is 0 Å². The van der Waals surface area contributed by atoms with Crippen molar-refractivity contribution < 1.29 is 9.13 Å². The molecule has 0 amide bonds. The number of benzene rings is 3. The van der Waals surface area contributed by atoms with E-state index in [1.807, 2.05) is 43.3 Å². The largest absolute Gasteiger partial charge is 0.488 e. The molecule has 164 valence electrons. The Kier molecular flexibility index (Phi) is 5.10. The summed E-state index contributed by atoms with van der Waals surface area (Å²) in [5, 5.41) is 9.66.